The van der Waals surface area contributed by atoms with E-state index in [0.29, 0.717) is 8.92 Å². The van der Waals surface area contributed by atoms with Crippen LogP contribution in [0.5, 0.6) is 0 Å². The van der Waals surface area contributed by atoms with Crippen LogP contribution in [0.3, 0.4) is 0 Å². The summed E-state index contributed by atoms with van der Waals surface area (Å²) in [5, 5.41) is 21.7. The van der Waals surface area contributed by atoms with Crippen molar-refractivity contribution in [1.29, 1.82) is 0 Å². The molecule has 206 valence electrons. The number of hydrogen-bond acceptors (Lipinski definition) is 8. The average molecular weight is 712 g/mol. The molecule has 0 unspecified atom stereocenters. The van der Waals surface area contributed by atoms with Crippen molar-refractivity contribution in [3.63, 3.8) is 0 Å². The first kappa shape index (κ1) is 29.2. The Morgan fingerprint density at radius 2 is 0.850 bits per heavy atom. The summed E-state index contributed by atoms with van der Waals surface area (Å²) >= 11 is -0.903. The zero-order valence-corrected chi connectivity index (χ0v) is 25.1. The van der Waals surface area contributed by atoms with Gasteiger partial charge in [-0.3, -0.25) is 0 Å². The molecule has 0 saturated heterocycles. The Bertz CT molecular complexity index is 1650. The van der Waals surface area contributed by atoms with Crippen LogP contribution in [0.25, 0.3) is 0 Å². The summed E-state index contributed by atoms with van der Waals surface area (Å²) in [7, 11) is -8.09. The fourth-order valence-corrected chi connectivity index (χ4v) is 15.3. The maximum absolute atomic E-state index is 13.2. The molecule has 0 saturated carbocycles. The van der Waals surface area contributed by atoms with E-state index in [1.54, 1.807) is 36.4 Å². The maximum atomic E-state index is 13.2. The molecule has 0 fully saturated rings. The molecule has 0 aromatic heterocycles. The molecule has 12 nitrogen and oxygen atoms in total. The normalized spacial score (nSPS) is 11.5. The Labute approximate surface area is 240 Å². The van der Waals surface area contributed by atoms with Crippen LogP contribution in [0.4, 0.5) is 22.7 Å². The SMILES string of the molecule is O=[N+]([O-])c1ccc(NS(=O)(=O)c2ccccc2[Se][Se]c2ccccc2S(=O)(=O)Nc2ccc([N+](=O)[O-])cc2)cc1. The third-order valence-electron chi connectivity index (χ3n) is 5.16. The number of hydrogen-bond donors (Lipinski definition) is 2. The van der Waals surface area contributed by atoms with Gasteiger partial charge in [-0.25, -0.2) is 0 Å². The van der Waals surface area contributed by atoms with Gasteiger partial charge in [-0.05, 0) is 0 Å². The summed E-state index contributed by atoms with van der Waals surface area (Å²) in [6.07, 6.45) is 0. The Balaban J connectivity index is 1.54. The van der Waals surface area contributed by atoms with Crippen LogP contribution < -0.4 is 18.4 Å². The van der Waals surface area contributed by atoms with Gasteiger partial charge < -0.3 is 0 Å². The van der Waals surface area contributed by atoms with Gasteiger partial charge in [0.05, 0.1) is 0 Å². The van der Waals surface area contributed by atoms with E-state index in [0.717, 1.165) is 0 Å². The van der Waals surface area contributed by atoms with Crippen LogP contribution in [-0.4, -0.2) is 52.9 Å². The van der Waals surface area contributed by atoms with E-state index < -0.39 is 56.2 Å². The van der Waals surface area contributed by atoms with Gasteiger partial charge in [-0.2, -0.15) is 0 Å². The molecule has 0 amide bonds. The van der Waals surface area contributed by atoms with Gasteiger partial charge >= 0.3 is 241 Å². The molecule has 16 heteroatoms. The molecule has 0 aliphatic heterocycles. The minimum atomic E-state index is -4.04. The van der Waals surface area contributed by atoms with Crippen molar-refractivity contribution < 1.29 is 26.7 Å². The molecule has 2 N–H and O–H groups in total. The number of nitro benzene ring substituents is 2. The van der Waals surface area contributed by atoms with Crippen LogP contribution in [0.2, 0.25) is 0 Å². The van der Waals surface area contributed by atoms with E-state index >= 15 is 0 Å². The molecule has 0 spiro atoms. The van der Waals surface area contributed by atoms with E-state index in [4.69, 9.17) is 0 Å². The first-order valence-electron chi connectivity index (χ1n) is 11.0. The van der Waals surface area contributed by atoms with Crippen LogP contribution in [0, 0.1) is 20.2 Å². The number of anilines is 2. The van der Waals surface area contributed by atoms with Crippen LogP contribution in [-0.2, 0) is 20.0 Å². The Morgan fingerprint density at radius 3 is 1.18 bits per heavy atom. The van der Waals surface area contributed by atoms with Crippen LogP contribution in [0.1, 0.15) is 0 Å². The number of benzene rings is 4. The molecular weight excluding hydrogens is 694 g/mol. The summed E-state index contributed by atoms with van der Waals surface area (Å²) in [5.41, 5.74) is -0.0310. The van der Waals surface area contributed by atoms with Crippen molar-refractivity contribution in [2.24, 2.45) is 0 Å². The molecule has 0 radical (unpaired) electrons. The molecule has 4 rings (SSSR count). The molecule has 0 heterocycles. The minimum absolute atomic E-state index is 0.0274. The first-order valence-corrected chi connectivity index (χ1v) is 20.0. The number of rotatable bonds is 11. The molecule has 40 heavy (non-hydrogen) atoms. The summed E-state index contributed by atoms with van der Waals surface area (Å²) < 4.78 is 58.6. The molecule has 0 bridgehead atoms. The zero-order valence-electron chi connectivity index (χ0n) is 20.0. The fraction of sp³-hybridized carbons (Fsp3) is 0. The molecule has 4 aromatic carbocycles. The second kappa shape index (κ2) is 12.2. The average Bonchev–Trinajstić information content (AvgIpc) is 2.92. The number of non-ortho nitro benzene ring substituents is 2. The topological polar surface area (TPSA) is 179 Å². The second-order valence-electron chi connectivity index (χ2n) is 7.88. The van der Waals surface area contributed by atoms with E-state index in [1.807, 2.05) is 0 Å². The van der Waals surface area contributed by atoms with Crippen molar-refractivity contribution in [3.8, 4) is 0 Å². The van der Waals surface area contributed by atoms with Crippen molar-refractivity contribution in [3.05, 3.63) is 117 Å². The first-order chi connectivity index (χ1) is 19.0. The number of nitro groups is 2. The van der Waals surface area contributed by atoms with E-state index in [9.17, 15) is 37.1 Å². The summed E-state index contributed by atoms with van der Waals surface area (Å²) in [6, 6.07) is 22.7. The van der Waals surface area contributed by atoms with Crippen molar-refractivity contribution in [2.45, 2.75) is 9.79 Å². The Kier molecular flexibility index (Phi) is 8.88. The Morgan fingerprint density at radius 1 is 0.525 bits per heavy atom. The van der Waals surface area contributed by atoms with Crippen molar-refractivity contribution >= 4 is 78.0 Å². The third kappa shape index (κ3) is 7.04. The fourth-order valence-electron chi connectivity index (χ4n) is 3.29. The van der Waals surface area contributed by atoms with Gasteiger partial charge in [0.25, 0.3) is 0 Å². The van der Waals surface area contributed by atoms with Crippen molar-refractivity contribution in [1.82, 2.24) is 0 Å². The third-order valence-corrected chi connectivity index (χ3v) is 15.9. The molecule has 4 aromatic rings. The second-order valence-corrected chi connectivity index (χ2v) is 17.4. The van der Waals surface area contributed by atoms with Gasteiger partial charge in [0.15, 0.2) is 0 Å². The van der Waals surface area contributed by atoms with Gasteiger partial charge in [-0.1, -0.05) is 0 Å². The van der Waals surface area contributed by atoms with Crippen LogP contribution in [0.15, 0.2) is 107 Å². The van der Waals surface area contributed by atoms with Gasteiger partial charge in [-0.15, -0.1) is 0 Å². The quantitative estimate of drug-likeness (QED) is 0.135. The van der Waals surface area contributed by atoms with Gasteiger partial charge in [0, 0.05) is 0 Å². The van der Waals surface area contributed by atoms with E-state index in [1.165, 1.54) is 60.7 Å². The number of nitrogens with zero attached hydrogens (tertiary/aromatic N) is 2. The summed E-state index contributed by atoms with van der Waals surface area (Å²) in [6.45, 7) is 0. The van der Waals surface area contributed by atoms with Gasteiger partial charge in [0.1, 0.15) is 0 Å². The molecule has 0 aliphatic carbocycles. The standard InChI is InChI=1S/C24H18N4O8S2Se2/c29-27(30)19-13-9-17(10-14-19)25-37(33,34)21-5-1-3-7-23(21)39-40-24-8-4-2-6-22(24)38(35,36)26-18-11-15-20(16-12-18)28(31)32/h1-16,25-26H. The molecule has 0 atom stereocenters. The van der Waals surface area contributed by atoms with E-state index in [-0.39, 0.29) is 32.5 Å². The monoisotopic (exact) mass is 714 g/mol. The van der Waals surface area contributed by atoms with E-state index in [2.05, 4.69) is 9.44 Å². The predicted octanol–water partition coefficient (Wildman–Crippen LogP) is 2.38. The Hall–Kier alpha value is -3.78. The van der Waals surface area contributed by atoms with Crippen LogP contribution >= 0.6 is 0 Å². The summed E-state index contributed by atoms with van der Waals surface area (Å²) in [4.78, 5) is 20.6. The zero-order chi connectivity index (χ0) is 28.9. The molecular formula is C24H18N4O8S2Se2. The number of sulfonamides is 2. The number of nitrogens with one attached hydrogen (secondary N) is 2. The van der Waals surface area contributed by atoms with Crippen molar-refractivity contribution in [2.75, 3.05) is 9.44 Å². The predicted molar refractivity (Wildman–Crippen MR) is 151 cm³/mol. The molecule has 0 aliphatic rings. The van der Waals surface area contributed by atoms with Gasteiger partial charge in [0.2, 0.25) is 0 Å². The summed E-state index contributed by atoms with van der Waals surface area (Å²) in [5.74, 6) is 0.